The zero-order valence-electron chi connectivity index (χ0n) is 39.9. The van der Waals surface area contributed by atoms with Gasteiger partial charge in [0.25, 0.3) is 13.4 Å². The zero-order valence-corrected chi connectivity index (χ0v) is 39.9. The van der Waals surface area contributed by atoms with Gasteiger partial charge >= 0.3 is 0 Å². The van der Waals surface area contributed by atoms with E-state index < -0.39 is 0 Å². The average Bonchev–Trinajstić information content (AvgIpc) is 4.10. The molecule has 2 aromatic heterocycles. The number of para-hydroxylation sites is 6. The van der Waals surface area contributed by atoms with Crippen LogP contribution in [0, 0.1) is 0 Å². The fourth-order valence-electron chi connectivity index (χ4n) is 13.2. The van der Waals surface area contributed by atoms with Crippen LogP contribution in [0.15, 0.2) is 243 Å². The molecule has 4 aliphatic rings. The molecule has 13 aromatic rings. The second-order valence-corrected chi connectivity index (χ2v) is 19.9. The molecule has 0 aliphatic carbocycles. The van der Waals surface area contributed by atoms with Crippen molar-refractivity contribution >= 4 is 124 Å². The van der Waals surface area contributed by atoms with E-state index in [4.69, 9.17) is 9.47 Å². The van der Waals surface area contributed by atoms with Crippen molar-refractivity contribution in [1.82, 2.24) is 9.13 Å². The highest BCUT2D eigenvalue weighted by molar-refractivity contribution is 7.00. The SMILES string of the molecule is c1ccc(N(c2ccccc2)c2ccc3c(c2)Oc2ccc4c5cc6c7ccc8c9c7n(c6cc5n5c4c2B3c2ccccc2-5)-c2ccccc2B9c2ccc(N(c3ccccc3)c3ccccc3)cc2O8)cc1. The molecule has 17 rings (SSSR count). The minimum absolute atomic E-state index is 0.00915. The molecule has 342 valence electrons. The summed E-state index contributed by atoms with van der Waals surface area (Å²) in [6.45, 7) is -0.0183. The first-order valence-electron chi connectivity index (χ1n) is 25.5. The van der Waals surface area contributed by atoms with Gasteiger partial charge in [0.2, 0.25) is 0 Å². The topological polar surface area (TPSA) is 34.8 Å². The highest BCUT2D eigenvalue weighted by Gasteiger charge is 2.43. The van der Waals surface area contributed by atoms with Crippen molar-refractivity contribution in [2.45, 2.75) is 0 Å². The van der Waals surface area contributed by atoms with Crippen LogP contribution in [0.1, 0.15) is 0 Å². The minimum Gasteiger partial charge on any atom is -0.458 e. The Balaban J connectivity index is 0.846. The van der Waals surface area contributed by atoms with Gasteiger partial charge in [-0.25, -0.2) is 0 Å². The van der Waals surface area contributed by atoms with E-state index in [0.29, 0.717) is 0 Å². The summed E-state index contributed by atoms with van der Waals surface area (Å²) in [4.78, 5) is 4.61. The molecule has 0 saturated heterocycles. The number of aromatic nitrogens is 2. The summed E-state index contributed by atoms with van der Waals surface area (Å²) in [7, 11) is 0. The monoisotopic (exact) mass is 942 g/mol. The van der Waals surface area contributed by atoms with E-state index in [0.717, 1.165) is 57.1 Å². The number of nitrogens with zero attached hydrogens (tertiary/aromatic N) is 4. The van der Waals surface area contributed by atoms with Gasteiger partial charge in [-0.15, -0.1) is 0 Å². The summed E-state index contributed by atoms with van der Waals surface area (Å²) >= 11 is 0. The van der Waals surface area contributed by atoms with Gasteiger partial charge in [-0.1, -0.05) is 121 Å². The maximum Gasteiger partial charge on any atom is 0.256 e. The molecule has 0 N–H and O–H groups in total. The maximum absolute atomic E-state index is 7.10. The third-order valence-electron chi connectivity index (χ3n) is 16.2. The predicted octanol–water partition coefficient (Wildman–Crippen LogP) is 12.7. The number of benzene rings is 11. The normalized spacial score (nSPS) is 13.0. The van der Waals surface area contributed by atoms with E-state index in [9.17, 15) is 0 Å². The summed E-state index contributed by atoms with van der Waals surface area (Å²) in [6.07, 6.45) is 0. The molecule has 11 aromatic carbocycles. The molecule has 8 heteroatoms. The molecular weight excluding hydrogens is 902 g/mol. The van der Waals surface area contributed by atoms with Crippen molar-refractivity contribution in [3.63, 3.8) is 0 Å². The molecular formula is C66H40B2N4O2. The lowest BCUT2D eigenvalue weighted by molar-refractivity contribution is 0.488. The Hall–Kier alpha value is -9.65. The molecule has 0 atom stereocenters. The Morgan fingerprint density at radius 3 is 1.07 bits per heavy atom. The lowest BCUT2D eigenvalue weighted by Gasteiger charge is -2.34. The van der Waals surface area contributed by atoms with Gasteiger partial charge in [-0.3, -0.25) is 0 Å². The van der Waals surface area contributed by atoms with Crippen molar-refractivity contribution in [2.24, 2.45) is 0 Å². The number of hydrogen-bond acceptors (Lipinski definition) is 4. The van der Waals surface area contributed by atoms with Crippen molar-refractivity contribution in [3.8, 4) is 34.4 Å². The van der Waals surface area contributed by atoms with Gasteiger partial charge in [0, 0.05) is 79.2 Å². The zero-order chi connectivity index (χ0) is 48.2. The van der Waals surface area contributed by atoms with Crippen molar-refractivity contribution < 1.29 is 9.47 Å². The summed E-state index contributed by atoms with van der Waals surface area (Å²) in [6, 6.07) is 87.8. The van der Waals surface area contributed by atoms with Crippen molar-refractivity contribution in [1.29, 1.82) is 0 Å². The number of rotatable bonds is 6. The molecule has 0 fully saturated rings. The van der Waals surface area contributed by atoms with Crippen LogP contribution in [0.3, 0.4) is 0 Å². The van der Waals surface area contributed by atoms with E-state index in [1.54, 1.807) is 0 Å². The lowest BCUT2D eigenvalue weighted by atomic mass is 9.34. The fraction of sp³-hybridized carbons (Fsp3) is 0. The molecule has 6 nitrogen and oxygen atoms in total. The summed E-state index contributed by atoms with van der Waals surface area (Å²) < 4.78 is 19.2. The Morgan fingerprint density at radius 1 is 0.284 bits per heavy atom. The molecule has 0 saturated carbocycles. The maximum atomic E-state index is 7.10. The van der Waals surface area contributed by atoms with E-state index >= 15 is 0 Å². The largest absolute Gasteiger partial charge is 0.458 e. The molecule has 6 heterocycles. The Kier molecular flexibility index (Phi) is 8.08. The van der Waals surface area contributed by atoms with E-state index in [2.05, 4.69) is 262 Å². The molecule has 4 aliphatic heterocycles. The van der Waals surface area contributed by atoms with E-state index in [-0.39, 0.29) is 13.4 Å². The third kappa shape index (κ3) is 5.41. The first-order valence-corrected chi connectivity index (χ1v) is 25.5. The smallest absolute Gasteiger partial charge is 0.256 e. The molecule has 74 heavy (non-hydrogen) atoms. The van der Waals surface area contributed by atoms with Gasteiger partial charge in [0.05, 0.1) is 22.1 Å². The van der Waals surface area contributed by atoms with E-state index in [1.165, 1.54) is 87.8 Å². The molecule has 0 spiro atoms. The van der Waals surface area contributed by atoms with Gasteiger partial charge in [-0.2, -0.15) is 0 Å². The number of ether oxygens (including phenoxy) is 2. The molecule has 0 unspecified atom stereocenters. The number of anilines is 6. The highest BCUT2D eigenvalue weighted by atomic mass is 16.5. The standard InChI is InChI=1S/C66H40B2N4O2/c1-5-17-41(18-6-1)69(42-19-7-2-8-20-42)45-29-33-53-61(37-45)73-59-35-31-47-49-39-50-48-32-36-60-64-66(48)72(58(50)40-57(49)71-55-27-15-13-25-51(55)67(53)63(59)65(47)71)56-28-16-14-26-52(56)68(64)54-34-30-46(38-62(54)74-60)70(43-21-9-3-10-22-43)44-23-11-4-12-24-44/h1-40H. The first kappa shape index (κ1) is 40.0. The summed E-state index contributed by atoms with van der Waals surface area (Å²) in [5.74, 6) is 3.56. The van der Waals surface area contributed by atoms with Crippen molar-refractivity contribution in [3.05, 3.63) is 243 Å². The van der Waals surface area contributed by atoms with Crippen LogP contribution >= 0.6 is 0 Å². The summed E-state index contributed by atoms with van der Waals surface area (Å²) in [5.41, 5.74) is 20.9. The van der Waals surface area contributed by atoms with Crippen LogP contribution in [-0.4, -0.2) is 22.6 Å². The first-order chi connectivity index (χ1) is 36.7. The van der Waals surface area contributed by atoms with Crippen LogP contribution < -0.4 is 52.1 Å². The lowest BCUT2D eigenvalue weighted by Crippen LogP contribution is -2.58. The Bertz CT molecular complexity index is 4150. The highest BCUT2D eigenvalue weighted by Crippen LogP contribution is 2.46. The van der Waals surface area contributed by atoms with Gasteiger partial charge in [0.1, 0.15) is 23.0 Å². The second kappa shape index (κ2) is 14.9. The van der Waals surface area contributed by atoms with Crippen LogP contribution in [0.2, 0.25) is 0 Å². The molecule has 0 radical (unpaired) electrons. The van der Waals surface area contributed by atoms with Crippen LogP contribution in [-0.2, 0) is 0 Å². The second-order valence-electron chi connectivity index (χ2n) is 19.9. The third-order valence-corrected chi connectivity index (χ3v) is 16.2. The van der Waals surface area contributed by atoms with Crippen molar-refractivity contribution in [2.75, 3.05) is 9.80 Å². The van der Waals surface area contributed by atoms with Crippen LogP contribution in [0.5, 0.6) is 23.0 Å². The fourth-order valence-corrected chi connectivity index (χ4v) is 13.2. The predicted molar refractivity (Wildman–Crippen MR) is 307 cm³/mol. The number of hydrogen-bond donors (Lipinski definition) is 0. The Morgan fingerprint density at radius 2 is 0.662 bits per heavy atom. The van der Waals surface area contributed by atoms with Crippen LogP contribution in [0.25, 0.3) is 55.0 Å². The van der Waals surface area contributed by atoms with E-state index in [1.807, 2.05) is 0 Å². The summed E-state index contributed by atoms with van der Waals surface area (Å²) in [5, 5.41) is 4.90. The molecule has 0 amide bonds. The van der Waals surface area contributed by atoms with Crippen LogP contribution in [0.4, 0.5) is 34.1 Å². The Labute approximate surface area is 427 Å². The van der Waals surface area contributed by atoms with Gasteiger partial charge in [-0.05, 0) is 142 Å². The molecule has 0 bridgehead atoms. The van der Waals surface area contributed by atoms with Gasteiger partial charge < -0.3 is 28.4 Å². The quantitative estimate of drug-likeness (QED) is 0.156. The average molecular weight is 943 g/mol. The minimum atomic E-state index is -0.00915. The van der Waals surface area contributed by atoms with Gasteiger partial charge in [0.15, 0.2) is 0 Å². The number of fused-ring (bicyclic) bond motifs is 16.